The van der Waals surface area contributed by atoms with Crippen LogP contribution in [0.1, 0.15) is 43.2 Å². The first-order valence-corrected chi connectivity index (χ1v) is 17.3. The lowest BCUT2D eigenvalue weighted by molar-refractivity contribution is 0.0193. The summed E-state index contributed by atoms with van der Waals surface area (Å²) < 4.78 is 9.16. The van der Waals surface area contributed by atoms with Gasteiger partial charge >= 0.3 is 0 Å². The molecule has 2 aromatic heterocycles. The van der Waals surface area contributed by atoms with Crippen LogP contribution in [0.2, 0.25) is 5.02 Å². The maximum absolute atomic E-state index is 14.7. The van der Waals surface area contributed by atoms with Crippen molar-refractivity contribution >= 4 is 47.2 Å². The molecule has 2 amide bonds. The maximum Gasteiger partial charge on any atom is 0.264 e. The van der Waals surface area contributed by atoms with Crippen LogP contribution < -0.4 is 4.90 Å². The quantitative estimate of drug-likeness (QED) is 0.195. The Bertz CT molecular complexity index is 2160. The molecule has 1 atom stereocenters. The fraction of sp³-hybridized carbons (Fsp3) is 0.275. The van der Waals surface area contributed by atoms with Gasteiger partial charge in [-0.2, -0.15) is 5.26 Å². The average molecular weight is 740 g/mol. The second-order valence-electron chi connectivity index (χ2n) is 13.2. The van der Waals surface area contributed by atoms with Gasteiger partial charge in [0.1, 0.15) is 17.5 Å². The predicted octanol–water partition coefficient (Wildman–Crippen LogP) is 6.87. The fourth-order valence-corrected chi connectivity index (χ4v) is 7.37. The number of aromatic nitrogens is 2. The Hall–Kier alpha value is -5.05. The summed E-state index contributed by atoms with van der Waals surface area (Å²) in [7, 11) is 3.62. The second-order valence-corrected chi connectivity index (χ2v) is 13.7. The number of phenols is 1. The number of carbonyl (C=O) groups is 2. The molecule has 7 rings (SSSR count). The minimum Gasteiger partial charge on any atom is -0.508 e. The van der Waals surface area contributed by atoms with Crippen LogP contribution in [-0.2, 0) is 31.8 Å². The van der Waals surface area contributed by atoms with Gasteiger partial charge in [-0.3, -0.25) is 19.4 Å². The number of fused-ring (bicyclic) bond motifs is 1. The molecule has 5 aromatic rings. The van der Waals surface area contributed by atoms with Gasteiger partial charge in [-0.1, -0.05) is 35.9 Å². The third-order valence-corrected chi connectivity index (χ3v) is 10.3. The van der Waals surface area contributed by atoms with Crippen LogP contribution in [0.3, 0.4) is 0 Å². The number of nitrogens with zero attached hydrogens (tertiary/aromatic N) is 6. The minimum atomic E-state index is -0.339. The Morgan fingerprint density at radius 2 is 1.71 bits per heavy atom. The van der Waals surface area contributed by atoms with E-state index in [4.69, 9.17) is 16.3 Å². The van der Waals surface area contributed by atoms with Crippen LogP contribution in [0.5, 0.6) is 5.75 Å². The Kier molecular flexibility index (Phi) is 10.8. The molecule has 0 spiro atoms. The van der Waals surface area contributed by atoms with Crippen molar-refractivity contribution in [1.29, 1.82) is 5.26 Å². The van der Waals surface area contributed by atoms with Crippen LogP contribution in [0.15, 0.2) is 85.1 Å². The number of aromatic hydroxyl groups is 1. The molecule has 10 nitrogen and oxygen atoms in total. The van der Waals surface area contributed by atoms with E-state index in [1.165, 1.54) is 17.7 Å². The van der Waals surface area contributed by atoms with Crippen molar-refractivity contribution in [2.24, 2.45) is 14.1 Å². The lowest BCUT2D eigenvalue weighted by Crippen LogP contribution is -2.52. The maximum atomic E-state index is 14.7. The summed E-state index contributed by atoms with van der Waals surface area (Å²) in [5, 5.41) is 20.2. The number of amides is 2. The Morgan fingerprint density at radius 3 is 2.40 bits per heavy atom. The molecule has 1 saturated heterocycles. The molecule has 12 heteroatoms. The van der Waals surface area contributed by atoms with Gasteiger partial charge in [0, 0.05) is 85.7 Å². The molecule has 3 aromatic carbocycles. The smallest absolute Gasteiger partial charge is 0.264 e. The number of benzene rings is 3. The van der Waals surface area contributed by atoms with E-state index in [1.54, 1.807) is 65.2 Å². The number of halogens is 2. The highest BCUT2D eigenvalue weighted by Crippen LogP contribution is 2.36. The number of hydrogen-bond acceptors (Lipinski definition) is 6. The zero-order valence-electron chi connectivity index (χ0n) is 29.3. The number of hydrogen-bond donors (Lipinski definition) is 1. The van der Waals surface area contributed by atoms with E-state index in [-0.39, 0.29) is 36.0 Å². The molecule has 0 unspecified atom stereocenters. The summed E-state index contributed by atoms with van der Waals surface area (Å²) in [6.07, 6.45) is 2.49. The zero-order chi connectivity index (χ0) is 35.8. The van der Waals surface area contributed by atoms with Crippen LogP contribution >= 0.6 is 24.0 Å². The van der Waals surface area contributed by atoms with Crippen molar-refractivity contribution in [3.8, 4) is 23.1 Å². The van der Waals surface area contributed by atoms with E-state index < -0.39 is 0 Å². The molecular formula is C40H40Cl2N6O4. The number of anilines is 2. The van der Waals surface area contributed by atoms with E-state index in [0.29, 0.717) is 64.2 Å². The molecule has 2 aliphatic rings. The highest BCUT2D eigenvalue weighted by molar-refractivity contribution is 6.31. The number of morpholine rings is 1. The molecule has 4 heterocycles. The Balaban J connectivity index is 0.00000464. The first kappa shape index (κ1) is 36.7. The van der Waals surface area contributed by atoms with Gasteiger partial charge < -0.3 is 23.9 Å². The van der Waals surface area contributed by atoms with Crippen molar-refractivity contribution in [2.75, 3.05) is 37.7 Å². The van der Waals surface area contributed by atoms with E-state index >= 15 is 0 Å². The van der Waals surface area contributed by atoms with Gasteiger partial charge in [0.2, 0.25) is 0 Å². The summed E-state index contributed by atoms with van der Waals surface area (Å²) in [5.74, 6) is -0.370. The Labute approximate surface area is 314 Å². The molecule has 2 aliphatic heterocycles. The number of rotatable bonds is 7. The standard InChI is InChI=1S/C40H39ClN6O4.ClH/c1-26-37(21-32(22-42)44(26)3)47(31-9-11-34(48)12-10-31)39(49)29-19-38(43(2)23-29)36-20-30(41)8-13-35(36)40(50)46-24-28-7-5-4-6-27(28)18-33(46)25-45-14-16-51-17-15-45;/h4-13,19-21,23,33,48H,14-18,24-25H2,1-3H3;1H/t33-;/m0./s1. The van der Waals surface area contributed by atoms with Crippen molar-refractivity contribution < 1.29 is 19.4 Å². The molecule has 52 heavy (non-hydrogen) atoms. The minimum absolute atomic E-state index is 0. The number of nitriles is 1. The first-order valence-electron chi connectivity index (χ1n) is 17.0. The van der Waals surface area contributed by atoms with E-state index in [0.717, 1.165) is 37.3 Å². The van der Waals surface area contributed by atoms with E-state index in [1.807, 2.05) is 29.5 Å². The zero-order valence-corrected chi connectivity index (χ0v) is 30.8. The van der Waals surface area contributed by atoms with Gasteiger partial charge in [0.05, 0.1) is 24.5 Å². The number of phenolic OH excluding ortho intramolecular Hbond substituents is 1. The second kappa shape index (κ2) is 15.3. The third-order valence-electron chi connectivity index (χ3n) is 10.1. The summed E-state index contributed by atoms with van der Waals surface area (Å²) in [6.45, 7) is 6.10. The lowest BCUT2D eigenvalue weighted by Gasteiger charge is -2.40. The lowest BCUT2D eigenvalue weighted by atomic mass is 9.92. The van der Waals surface area contributed by atoms with Crippen LogP contribution in [-0.4, -0.2) is 74.7 Å². The van der Waals surface area contributed by atoms with Crippen LogP contribution in [0.4, 0.5) is 11.4 Å². The summed E-state index contributed by atoms with van der Waals surface area (Å²) in [5.41, 5.74) is 6.74. The molecule has 1 N–H and O–H groups in total. The molecule has 0 bridgehead atoms. The summed E-state index contributed by atoms with van der Waals surface area (Å²) >= 11 is 6.60. The van der Waals surface area contributed by atoms with Gasteiger partial charge in [0.15, 0.2) is 0 Å². The Morgan fingerprint density at radius 1 is 1.00 bits per heavy atom. The summed E-state index contributed by atoms with van der Waals surface area (Å²) in [6, 6.07) is 25.6. The monoisotopic (exact) mass is 738 g/mol. The largest absolute Gasteiger partial charge is 0.508 e. The topological polar surface area (TPSA) is 107 Å². The van der Waals surface area contributed by atoms with E-state index in [2.05, 4.69) is 29.2 Å². The predicted molar refractivity (Wildman–Crippen MR) is 204 cm³/mol. The van der Waals surface area contributed by atoms with E-state index in [9.17, 15) is 20.0 Å². The molecule has 268 valence electrons. The van der Waals surface area contributed by atoms with Crippen molar-refractivity contribution in [3.63, 3.8) is 0 Å². The highest BCUT2D eigenvalue weighted by Gasteiger charge is 2.34. The normalized spacial score (nSPS) is 15.8. The van der Waals surface area contributed by atoms with Crippen LogP contribution in [0, 0.1) is 18.3 Å². The molecular weight excluding hydrogens is 699 g/mol. The van der Waals surface area contributed by atoms with Gasteiger partial charge in [0.25, 0.3) is 11.8 Å². The third kappa shape index (κ3) is 7.05. The van der Waals surface area contributed by atoms with Gasteiger partial charge in [-0.15, -0.1) is 12.4 Å². The molecule has 0 saturated carbocycles. The SMILES string of the molecule is Cc1c(N(C(=O)c2cc(-c3cc(Cl)ccc3C(=O)N3Cc4ccccc4C[C@H]3CN3CCOCC3)n(C)c2)c2ccc(O)cc2)cc(C#N)n1C.Cl. The highest BCUT2D eigenvalue weighted by atomic mass is 35.5. The number of aryl methyl sites for hydroxylation is 1. The summed E-state index contributed by atoms with van der Waals surface area (Å²) in [4.78, 5) is 35.1. The van der Waals surface area contributed by atoms with Gasteiger partial charge in [-0.25, -0.2) is 0 Å². The van der Waals surface area contributed by atoms with Gasteiger partial charge in [-0.05, 0) is 79.1 Å². The van der Waals surface area contributed by atoms with Crippen LogP contribution in [0.25, 0.3) is 11.3 Å². The number of ether oxygens (including phenoxy) is 1. The molecule has 0 aliphatic carbocycles. The molecule has 1 fully saturated rings. The first-order chi connectivity index (χ1) is 24.6. The van der Waals surface area contributed by atoms with Crippen molar-refractivity contribution in [3.05, 3.63) is 124 Å². The van der Waals surface area contributed by atoms with Crippen molar-refractivity contribution in [1.82, 2.24) is 18.9 Å². The number of carbonyl (C=O) groups excluding carboxylic acids is 2. The fourth-order valence-electron chi connectivity index (χ4n) is 7.20. The van der Waals surface area contributed by atoms with Crippen molar-refractivity contribution in [2.45, 2.75) is 25.9 Å². The average Bonchev–Trinajstić information content (AvgIpc) is 3.67. The molecule has 0 radical (unpaired) electrons.